The van der Waals surface area contributed by atoms with Crippen LogP contribution in [0.2, 0.25) is 5.02 Å². The van der Waals surface area contributed by atoms with Crippen molar-refractivity contribution < 1.29 is 4.74 Å². The Kier molecular flexibility index (Phi) is 9.86. The lowest BCUT2D eigenvalue weighted by molar-refractivity contribution is 0.299. The molecule has 1 fully saturated rings. The summed E-state index contributed by atoms with van der Waals surface area (Å²) in [5.74, 6) is 1.71. The predicted molar refractivity (Wildman–Crippen MR) is 81.7 cm³/mol. The third-order valence-corrected chi connectivity index (χ3v) is 2.74. The Morgan fingerprint density at radius 1 is 1.11 bits per heavy atom. The summed E-state index contributed by atoms with van der Waals surface area (Å²) in [5, 5.41) is 0.773. The first kappa shape index (κ1) is 17.3. The van der Waals surface area contributed by atoms with Gasteiger partial charge in [0.2, 0.25) is 0 Å². The van der Waals surface area contributed by atoms with Gasteiger partial charge in [-0.1, -0.05) is 46.2 Å². The molecule has 1 aliphatic carbocycles. The zero-order valence-electron chi connectivity index (χ0n) is 12.4. The first-order valence-electron chi connectivity index (χ1n) is 7.20. The average Bonchev–Trinajstić information content (AvgIpc) is 3.24. The van der Waals surface area contributed by atoms with Crippen molar-refractivity contribution in [2.45, 2.75) is 53.9 Å². The molecule has 1 aromatic carbocycles. The fourth-order valence-corrected chi connectivity index (χ4v) is 1.65. The molecule has 0 saturated heterocycles. The van der Waals surface area contributed by atoms with Crippen molar-refractivity contribution in [2.24, 2.45) is 5.92 Å². The summed E-state index contributed by atoms with van der Waals surface area (Å²) in [6.07, 6.45) is 3.64. The van der Waals surface area contributed by atoms with Gasteiger partial charge in [-0.15, -0.1) is 0 Å². The summed E-state index contributed by atoms with van der Waals surface area (Å²) in [5.41, 5.74) is 1.24. The predicted octanol–water partition coefficient (Wildman–Crippen LogP) is 5.74. The quantitative estimate of drug-likeness (QED) is 0.677. The Morgan fingerprint density at radius 3 is 2.22 bits per heavy atom. The minimum atomic E-state index is 0.773. The van der Waals surface area contributed by atoms with E-state index in [9.17, 15) is 0 Å². The molecular formula is C16H27ClO. The monoisotopic (exact) mass is 270 g/mol. The molecule has 2 heteroatoms. The van der Waals surface area contributed by atoms with E-state index >= 15 is 0 Å². The maximum Gasteiger partial charge on any atom is 0.121 e. The molecule has 104 valence electrons. The average molecular weight is 271 g/mol. The molecule has 0 spiro atoms. The largest absolute Gasteiger partial charge is 0.493 e. The Hall–Kier alpha value is -0.690. The molecular weight excluding hydrogens is 244 g/mol. The maximum absolute atomic E-state index is 5.98. The highest BCUT2D eigenvalue weighted by molar-refractivity contribution is 6.30. The molecule has 0 aromatic heterocycles. The molecule has 2 rings (SSSR count). The van der Waals surface area contributed by atoms with Crippen LogP contribution in [-0.4, -0.2) is 6.61 Å². The van der Waals surface area contributed by atoms with Crippen LogP contribution >= 0.6 is 11.6 Å². The van der Waals surface area contributed by atoms with Crippen LogP contribution in [0.25, 0.3) is 0 Å². The van der Waals surface area contributed by atoms with Gasteiger partial charge < -0.3 is 4.74 Å². The van der Waals surface area contributed by atoms with Crippen LogP contribution in [0, 0.1) is 5.92 Å². The highest BCUT2D eigenvalue weighted by Gasteiger charge is 2.21. The first-order chi connectivity index (χ1) is 8.78. The minimum Gasteiger partial charge on any atom is -0.493 e. The molecule has 1 saturated carbocycles. The maximum atomic E-state index is 5.98. The molecule has 0 amide bonds. The lowest BCUT2D eigenvalue weighted by Gasteiger charge is -2.07. The summed E-state index contributed by atoms with van der Waals surface area (Å²) < 4.78 is 5.67. The van der Waals surface area contributed by atoms with E-state index in [0.717, 1.165) is 29.7 Å². The van der Waals surface area contributed by atoms with Crippen molar-refractivity contribution in [1.29, 1.82) is 0 Å². The topological polar surface area (TPSA) is 9.23 Å². The van der Waals surface area contributed by atoms with Crippen molar-refractivity contribution in [2.75, 3.05) is 6.61 Å². The number of hydrogen-bond donors (Lipinski definition) is 0. The number of aryl methyl sites for hydroxylation is 1. The smallest absolute Gasteiger partial charge is 0.121 e. The van der Waals surface area contributed by atoms with Crippen molar-refractivity contribution in [3.8, 4) is 5.75 Å². The van der Waals surface area contributed by atoms with Gasteiger partial charge in [-0.05, 0) is 48.9 Å². The molecule has 0 N–H and O–H groups in total. The number of benzene rings is 1. The highest BCUT2D eigenvalue weighted by Crippen LogP contribution is 2.30. The number of halogens is 1. The zero-order chi connectivity index (χ0) is 14.0. The highest BCUT2D eigenvalue weighted by atomic mass is 35.5. The van der Waals surface area contributed by atoms with Gasteiger partial charge in [-0.3, -0.25) is 0 Å². The Morgan fingerprint density at radius 2 is 1.72 bits per heavy atom. The van der Waals surface area contributed by atoms with Crippen molar-refractivity contribution in [3.63, 3.8) is 0 Å². The molecule has 0 radical (unpaired) electrons. The fourth-order valence-electron chi connectivity index (χ4n) is 1.41. The molecule has 0 bridgehead atoms. The van der Waals surface area contributed by atoms with Crippen LogP contribution in [0.3, 0.4) is 0 Å². The van der Waals surface area contributed by atoms with Crippen LogP contribution in [0.5, 0.6) is 5.75 Å². The minimum absolute atomic E-state index is 0.773. The molecule has 1 aliphatic rings. The van der Waals surface area contributed by atoms with E-state index in [1.807, 2.05) is 39.8 Å². The normalized spacial score (nSPS) is 12.8. The van der Waals surface area contributed by atoms with Crippen LogP contribution in [0.15, 0.2) is 18.2 Å². The van der Waals surface area contributed by atoms with Gasteiger partial charge >= 0.3 is 0 Å². The van der Waals surface area contributed by atoms with Gasteiger partial charge in [0.25, 0.3) is 0 Å². The third kappa shape index (κ3) is 6.90. The Bertz CT molecular complexity index is 319. The molecule has 0 unspecified atom stereocenters. The standard InChI is InChI=1S/C12H15ClO.2C2H6/c1-2-9-5-11(13)7-12(6-9)14-8-10-3-4-10;2*1-2/h5-7,10H,2-4,8H2,1H3;2*1-2H3. The summed E-state index contributed by atoms with van der Waals surface area (Å²) in [6.45, 7) is 11.0. The zero-order valence-corrected chi connectivity index (χ0v) is 13.2. The van der Waals surface area contributed by atoms with Crippen molar-refractivity contribution >= 4 is 11.6 Å². The van der Waals surface area contributed by atoms with E-state index in [1.54, 1.807) is 0 Å². The molecule has 0 aliphatic heterocycles. The van der Waals surface area contributed by atoms with E-state index in [0.29, 0.717) is 0 Å². The lowest BCUT2D eigenvalue weighted by atomic mass is 10.2. The van der Waals surface area contributed by atoms with E-state index in [-0.39, 0.29) is 0 Å². The summed E-state index contributed by atoms with van der Waals surface area (Å²) in [7, 11) is 0. The number of hydrogen-bond acceptors (Lipinski definition) is 1. The van der Waals surface area contributed by atoms with Gasteiger partial charge in [-0.25, -0.2) is 0 Å². The number of ether oxygens (including phenoxy) is 1. The fraction of sp³-hybridized carbons (Fsp3) is 0.625. The molecule has 0 heterocycles. The van der Waals surface area contributed by atoms with Gasteiger partial charge in [-0.2, -0.15) is 0 Å². The Labute approximate surface area is 118 Å². The van der Waals surface area contributed by atoms with E-state index in [4.69, 9.17) is 16.3 Å². The van der Waals surface area contributed by atoms with Gasteiger partial charge in [0.1, 0.15) is 5.75 Å². The van der Waals surface area contributed by atoms with Crippen molar-refractivity contribution in [1.82, 2.24) is 0 Å². The second kappa shape index (κ2) is 10.3. The Balaban J connectivity index is 0.000000659. The summed E-state index contributed by atoms with van der Waals surface area (Å²) in [4.78, 5) is 0. The first-order valence-corrected chi connectivity index (χ1v) is 7.58. The van der Waals surface area contributed by atoms with Crippen LogP contribution in [0.1, 0.15) is 53.0 Å². The van der Waals surface area contributed by atoms with Gasteiger partial charge in [0.05, 0.1) is 6.61 Å². The third-order valence-electron chi connectivity index (χ3n) is 2.52. The SMILES string of the molecule is CC.CC.CCc1cc(Cl)cc(OCC2CC2)c1. The van der Waals surface area contributed by atoms with Crippen LogP contribution < -0.4 is 4.74 Å². The lowest BCUT2D eigenvalue weighted by Crippen LogP contribution is -1.99. The van der Waals surface area contributed by atoms with Gasteiger partial charge in [0.15, 0.2) is 0 Å². The van der Waals surface area contributed by atoms with E-state index in [2.05, 4.69) is 13.0 Å². The van der Waals surface area contributed by atoms with E-state index in [1.165, 1.54) is 18.4 Å². The van der Waals surface area contributed by atoms with E-state index < -0.39 is 0 Å². The molecule has 1 nitrogen and oxygen atoms in total. The van der Waals surface area contributed by atoms with Gasteiger partial charge in [0, 0.05) is 5.02 Å². The van der Waals surface area contributed by atoms with Crippen LogP contribution in [0.4, 0.5) is 0 Å². The summed E-state index contributed by atoms with van der Waals surface area (Å²) >= 11 is 5.98. The summed E-state index contributed by atoms with van der Waals surface area (Å²) in [6, 6.07) is 5.96. The molecule has 0 atom stereocenters. The van der Waals surface area contributed by atoms with Crippen molar-refractivity contribution in [3.05, 3.63) is 28.8 Å². The second-order valence-electron chi connectivity index (χ2n) is 3.90. The van der Waals surface area contributed by atoms with Crippen LogP contribution in [-0.2, 0) is 6.42 Å². The second-order valence-corrected chi connectivity index (χ2v) is 4.34. The molecule has 18 heavy (non-hydrogen) atoms. The number of rotatable bonds is 4. The molecule has 1 aromatic rings.